The number of hydrogen-bond acceptors (Lipinski definition) is 3. The lowest BCUT2D eigenvalue weighted by atomic mass is 9.73. The lowest BCUT2D eigenvalue weighted by Crippen LogP contribution is -2.46. The van der Waals surface area contributed by atoms with Gasteiger partial charge < -0.3 is 15.6 Å². The Morgan fingerprint density at radius 3 is 2.46 bits per heavy atom. The Kier molecular flexibility index (Phi) is 2.58. The molecule has 1 heterocycles. The van der Waals surface area contributed by atoms with Crippen molar-refractivity contribution in [3.05, 3.63) is 0 Å². The fraction of sp³-hybridized carbons (Fsp3) is 1.00. The second-order valence-corrected chi connectivity index (χ2v) is 4.46. The Hall–Kier alpha value is -0.120. The zero-order valence-corrected chi connectivity index (χ0v) is 8.04. The van der Waals surface area contributed by atoms with E-state index in [4.69, 9.17) is 10.5 Å². The largest absolute Gasteiger partial charge is 0.392 e. The van der Waals surface area contributed by atoms with Crippen molar-refractivity contribution in [2.24, 2.45) is 17.1 Å². The van der Waals surface area contributed by atoms with Gasteiger partial charge in [-0.05, 0) is 31.6 Å². The predicted octanol–water partition coefficient (Wildman–Crippen LogP) is 0.513. The molecule has 2 aliphatic rings. The quantitative estimate of drug-likeness (QED) is 0.673. The van der Waals surface area contributed by atoms with Crippen LogP contribution in [0, 0.1) is 11.3 Å². The van der Waals surface area contributed by atoms with E-state index < -0.39 is 0 Å². The van der Waals surface area contributed by atoms with Crippen LogP contribution >= 0.6 is 0 Å². The van der Waals surface area contributed by atoms with Crippen LogP contribution in [-0.4, -0.2) is 31.0 Å². The summed E-state index contributed by atoms with van der Waals surface area (Å²) in [5, 5.41) is 10.1. The molecule has 0 aromatic heterocycles. The Morgan fingerprint density at radius 1 is 1.38 bits per heavy atom. The molecule has 0 aromatic rings. The van der Waals surface area contributed by atoms with E-state index in [2.05, 4.69) is 0 Å². The van der Waals surface area contributed by atoms with Crippen LogP contribution in [0.5, 0.6) is 0 Å². The molecule has 2 fully saturated rings. The molecule has 1 aliphatic carbocycles. The van der Waals surface area contributed by atoms with E-state index in [1.165, 1.54) is 12.8 Å². The van der Waals surface area contributed by atoms with E-state index in [0.717, 1.165) is 26.1 Å². The molecule has 0 bridgehead atoms. The van der Waals surface area contributed by atoms with E-state index in [1.807, 2.05) is 0 Å². The number of hydrogen-bond donors (Lipinski definition) is 2. The van der Waals surface area contributed by atoms with Crippen LogP contribution in [0.2, 0.25) is 0 Å². The maximum absolute atomic E-state index is 10.1. The first-order valence-corrected chi connectivity index (χ1v) is 5.24. The molecule has 1 saturated heterocycles. The van der Waals surface area contributed by atoms with Gasteiger partial charge in [0.2, 0.25) is 0 Å². The van der Waals surface area contributed by atoms with Gasteiger partial charge in [-0.15, -0.1) is 0 Å². The Labute approximate surface area is 79.3 Å². The first-order valence-electron chi connectivity index (χ1n) is 5.24. The minimum absolute atomic E-state index is 0.0284. The SMILES string of the molecule is NCC1(C(O)C2CC2)CCOCC1. The van der Waals surface area contributed by atoms with Crippen LogP contribution in [0.15, 0.2) is 0 Å². The second-order valence-electron chi connectivity index (χ2n) is 4.46. The van der Waals surface area contributed by atoms with Gasteiger partial charge in [0.15, 0.2) is 0 Å². The van der Waals surface area contributed by atoms with Crippen LogP contribution in [0.25, 0.3) is 0 Å². The molecule has 1 saturated carbocycles. The van der Waals surface area contributed by atoms with E-state index in [0.29, 0.717) is 12.5 Å². The highest BCUT2D eigenvalue weighted by Gasteiger charge is 2.45. The van der Waals surface area contributed by atoms with Crippen molar-refractivity contribution in [3.63, 3.8) is 0 Å². The minimum atomic E-state index is -0.179. The highest BCUT2D eigenvalue weighted by Crippen LogP contribution is 2.44. The summed E-state index contributed by atoms with van der Waals surface area (Å²) in [6.07, 6.45) is 4.05. The molecule has 1 unspecified atom stereocenters. The third-order valence-electron chi connectivity index (χ3n) is 3.59. The number of ether oxygens (including phenoxy) is 1. The van der Waals surface area contributed by atoms with Gasteiger partial charge in [0.25, 0.3) is 0 Å². The highest BCUT2D eigenvalue weighted by molar-refractivity contribution is 4.96. The van der Waals surface area contributed by atoms with Gasteiger partial charge in [-0.3, -0.25) is 0 Å². The molecular weight excluding hydrogens is 166 g/mol. The molecule has 2 rings (SSSR count). The van der Waals surface area contributed by atoms with Crippen LogP contribution in [0.1, 0.15) is 25.7 Å². The summed E-state index contributed by atoms with van der Waals surface area (Å²) in [6.45, 7) is 2.13. The van der Waals surface area contributed by atoms with Crippen LogP contribution in [0.3, 0.4) is 0 Å². The Bertz CT molecular complexity index is 174. The van der Waals surface area contributed by atoms with Crippen LogP contribution in [0.4, 0.5) is 0 Å². The minimum Gasteiger partial charge on any atom is -0.392 e. The van der Waals surface area contributed by atoms with Gasteiger partial charge >= 0.3 is 0 Å². The van der Waals surface area contributed by atoms with Gasteiger partial charge in [0, 0.05) is 25.2 Å². The zero-order valence-electron chi connectivity index (χ0n) is 8.04. The van der Waals surface area contributed by atoms with E-state index >= 15 is 0 Å². The van der Waals surface area contributed by atoms with Crippen molar-refractivity contribution >= 4 is 0 Å². The fourth-order valence-corrected chi connectivity index (χ4v) is 2.31. The van der Waals surface area contributed by atoms with Crippen molar-refractivity contribution in [3.8, 4) is 0 Å². The summed E-state index contributed by atoms with van der Waals surface area (Å²) in [5.41, 5.74) is 5.76. The third-order valence-corrected chi connectivity index (χ3v) is 3.59. The number of aliphatic hydroxyl groups excluding tert-OH is 1. The molecule has 0 spiro atoms. The standard InChI is InChI=1S/C10H19NO2/c11-7-10(3-5-13-6-4-10)9(12)8-1-2-8/h8-9,12H,1-7,11H2. The Morgan fingerprint density at radius 2 is 2.00 bits per heavy atom. The fourth-order valence-electron chi connectivity index (χ4n) is 2.31. The second kappa shape index (κ2) is 3.56. The van der Waals surface area contributed by atoms with Crippen molar-refractivity contribution in [1.29, 1.82) is 0 Å². The van der Waals surface area contributed by atoms with Gasteiger partial charge in [-0.25, -0.2) is 0 Å². The van der Waals surface area contributed by atoms with Gasteiger partial charge in [-0.1, -0.05) is 0 Å². The van der Waals surface area contributed by atoms with Crippen molar-refractivity contribution in [2.75, 3.05) is 19.8 Å². The molecule has 3 nitrogen and oxygen atoms in total. The average Bonchev–Trinajstić information content (AvgIpc) is 3.01. The molecule has 76 valence electrons. The Balaban J connectivity index is 2.02. The van der Waals surface area contributed by atoms with Crippen molar-refractivity contribution in [2.45, 2.75) is 31.8 Å². The molecule has 3 heteroatoms. The molecule has 1 atom stereocenters. The summed E-state index contributed by atoms with van der Waals surface area (Å²) < 4.78 is 5.31. The lowest BCUT2D eigenvalue weighted by molar-refractivity contribution is -0.0649. The van der Waals surface area contributed by atoms with E-state index in [9.17, 15) is 5.11 Å². The summed E-state index contributed by atoms with van der Waals surface area (Å²) in [6, 6.07) is 0. The summed E-state index contributed by atoms with van der Waals surface area (Å²) in [7, 11) is 0. The smallest absolute Gasteiger partial charge is 0.0638 e. The maximum Gasteiger partial charge on any atom is 0.0638 e. The highest BCUT2D eigenvalue weighted by atomic mass is 16.5. The van der Waals surface area contributed by atoms with Crippen LogP contribution < -0.4 is 5.73 Å². The zero-order chi connectivity index (χ0) is 9.31. The normalized spacial score (nSPS) is 30.0. The predicted molar refractivity (Wildman–Crippen MR) is 50.3 cm³/mol. The lowest BCUT2D eigenvalue weighted by Gasteiger charge is -2.40. The first kappa shape index (κ1) is 9.44. The van der Waals surface area contributed by atoms with Gasteiger partial charge in [-0.2, -0.15) is 0 Å². The molecular formula is C10H19NO2. The summed E-state index contributed by atoms with van der Waals surface area (Å²) in [5.74, 6) is 0.529. The topological polar surface area (TPSA) is 55.5 Å². The maximum atomic E-state index is 10.1. The number of aliphatic hydroxyl groups is 1. The van der Waals surface area contributed by atoms with E-state index in [1.54, 1.807) is 0 Å². The van der Waals surface area contributed by atoms with Gasteiger partial charge in [0.1, 0.15) is 0 Å². The number of rotatable bonds is 3. The summed E-state index contributed by atoms with van der Waals surface area (Å²) in [4.78, 5) is 0. The molecule has 0 aromatic carbocycles. The van der Waals surface area contributed by atoms with E-state index in [-0.39, 0.29) is 11.5 Å². The average molecular weight is 185 g/mol. The number of nitrogens with two attached hydrogens (primary N) is 1. The molecule has 13 heavy (non-hydrogen) atoms. The monoisotopic (exact) mass is 185 g/mol. The molecule has 0 amide bonds. The molecule has 3 N–H and O–H groups in total. The summed E-state index contributed by atoms with van der Waals surface area (Å²) >= 11 is 0. The van der Waals surface area contributed by atoms with Crippen molar-refractivity contribution < 1.29 is 9.84 Å². The first-order chi connectivity index (χ1) is 6.28. The molecule has 1 aliphatic heterocycles. The van der Waals surface area contributed by atoms with Crippen molar-refractivity contribution in [1.82, 2.24) is 0 Å². The molecule has 0 radical (unpaired) electrons. The van der Waals surface area contributed by atoms with Gasteiger partial charge in [0.05, 0.1) is 6.10 Å². The third kappa shape index (κ3) is 1.73. The van der Waals surface area contributed by atoms with Crippen LogP contribution in [-0.2, 0) is 4.74 Å².